The second-order valence-corrected chi connectivity index (χ2v) is 5.77. The first-order valence-electron chi connectivity index (χ1n) is 7.88. The van der Waals surface area contributed by atoms with Gasteiger partial charge in [0.15, 0.2) is 0 Å². The number of amides is 1. The quantitative estimate of drug-likeness (QED) is 0.402. The maximum absolute atomic E-state index is 12.3. The van der Waals surface area contributed by atoms with Crippen molar-refractivity contribution in [2.45, 2.75) is 13.1 Å². The number of rotatable bonds is 6. The Morgan fingerprint density at radius 3 is 2.77 bits per heavy atom. The minimum Gasteiger partial charge on any atom is -0.393 e. The molecule has 26 heavy (non-hydrogen) atoms. The van der Waals surface area contributed by atoms with E-state index in [9.17, 15) is 14.9 Å². The second-order valence-electron chi connectivity index (χ2n) is 5.77. The summed E-state index contributed by atoms with van der Waals surface area (Å²) >= 11 is 0. The maximum Gasteiger partial charge on any atom is 0.292 e. The van der Waals surface area contributed by atoms with Crippen molar-refractivity contribution in [3.63, 3.8) is 0 Å². The van der Waals surface area contributed by atoms with Crippen molar-refractivity contribution < 1.29 is 9.72 Å². The normalized spacial score (nSPS) is 10.5. The fourth-order valence-electron chi connectivity index (χ4n) is 2.56. The van der Waals surface area contributed by atoms with Crippen molar-refractivity contribution >= 4 is 17.3 Å². The van der Waals surface area contributed by atoms with Crippen molar-refractivity contribution in [1.82, 2.24) is 14.9 Å². The number of aromatic nitrogens is 2. The van der Waals surface area contributed by atoms with Crippen LogP contribution in [0.5, 0.6) is 0 Å². The number of hydrogen-bond acceptors (Lipinski definition) is 5. The van der Waals surface area contributed by atoms with Crippen LogP contribution >= 0.6 is 0 Å². The van der Waals surface area contributed by atoms with Crippen LogP contribution in [0.1, 0.15) is 21.5 Å². The Morgan fingerprint density at radius 2 is 2.04 bits per heavy atom. The number of nitro groups is 1. The zero-order valence-corrected chi connectivity index (χ0v) is 13.8. The predicted octanol–water partition coefficient (Wildman–Crippen LogP) is 2.35. The van der Waals surface area contributed by atoms with Crippen LogP contribution in [0, 0.1) is 10.1 Å². The second kappa shape index (κ2) is 7.47. The summed E-state index contributed by atoms with van der Waals surface area (Å²) in [6.07, 6.45) is 5.33. The molecule has 0 atom stereocenters. The number of imidazole rings is 1. The highest BCUT2D eigenvalue weighted by Crippen LogP contribution is 2.22. The van der Waals surface area contributed by atoms with Crippen LogP contribution in [-0.2, 0) is 13.1 Å². The number of nitro benzene ring substituents is 1. The van der Waals surface area contributed by atoms with Gasteiger partial charge in [0.25, 0.3) is 11.6 Å². The highest BCUT2D eigenvalue weighted by Gasteiger charge is 2.15. The van der Waals surface area contributed by atoms with Crippen LogP contribution in [0.4, 0.5) is 11.4 Å². The van der Waals surface area contributed by atoms with Crippen molar-refractivity contribution in [1.29, 1.82) is 0 Å². The smallest absolute Gasteiger partial charge is 0.292 e. The minimum atomic E-state index is -0.605. The summed E-state index contributed by atoms with van der Waals surface area (Å²) in [5.74, 6) is -0.395. The molecule has 0 unspecified atom stereocenters. The number of hydrogen-bond donors (Lipinski definition) is 2. The van der Waals surface area contributed by atoms with Gasteiger partial charge in [0, 0.05) is 37.1 Å². The molecule has 0 spiro atoms. The standard InChI is InChI=1S/C18H17N5O3/c19-16-5-4-15(9-17(16)23(25)26)18(24)21-10-13-2-1-3-14(8-13)11-22-7-6-20-12-22/h1-9,12H,10-11,19H2,(H,21,24). The number of anilines is 1. The van der Waals surface area contributed by atoms with Crippen LogP contribution in [0.3, 0.4) is 0 Å². The van der Waals surface area contributed by atoms with E-state index >= 15 is 0 Å². The van der Waals surface area contributed by atoms with E-state index in [1.54, 1.807) is 12.5 Å². The molecule has 1 amide bonds. The largest absolute Gasteiger partial charge is 0.393 e. The van der Waals surface area contributed by atoms with Crippen molar-refractivity contribution in [3.05, 3.63) is 88.0 Å². The number of carbonyl (C=O) groups excluding carboxylic acids is 1. The average Bonchev–Trinajstić information content (AvgIpc) is 3.13. The van der Waals surface area contributed by atoms with Crippen molar-refractivity contribution in [2.24, 2.45) is 0 Å². The van der Waals surface area contributed by atoms with E-state index in [4.69, 9.17) is 5.73 Å². The first kappa shape index (κ1) is 17.2. The van der Waals surface area contributed by atoms with Crippen LogP contribution in [0.25, 0.3) is 0 Å². The van der Waals surface area contributed by atoms with E-state index in [1.165, 1.54) is 18.2 Å². The van der Waals surface area contributed by atoms with Gasteiger partial charge in [-0.15, -0.1) is 0 Å². The van der Waals surface area contributed by atoms with Gasteiger partial charge < -0.3 is 15.6 Å². The van der Waals surface area contributed by atoms with Gasteiger partial charge in [-0.3, -0.25) is 14.9 Å². The number of nitrogens with zero attached hydrogens (tertiary/aromatic N) is 3. The maximum atomic E-state index is 12.3. The molecule has 3 rings (SSSR count). The fraction of sp³-hybridized carbons (Fsp3) is 0.111. The van der Waals surface area contributed by atoms with Crippen LogP contribution in [0.15, 0.2) is 61.2 Å². The van der Waals surface area contributed by atoms with Gasteiger partial charge >= 0.3 is 0 Å². The summed E-state index contributed by atoms with van der Waals surface area (Å²) in [5.41, 5.74) is 7.50. The van der Waals surface area contributed by atoms with Gasteiger partial charge in [-0.1, -0.05) is 24.3 Å². The van der Waals surface area contributed by atoms with Crippen LogP contribution in [0.2, 0.25) is 0 Å². The number of nitrogens with one attached hydrogen (secondary N) is 1. The highest BCUT2D eigenvalue weighted by atomic mass is 16.6. The van der Waals surface area contributed by atoms with E-state index in [-0.39, 0.29) is 16.9 Å². The van der Waals surface area contributed by atoms with Gasteiger partial charge in [0.2, 0.25) is 0 Å². The Morgan fingerprint density at radius 1 is 1.23 bits per heavy atom. The average molecular weight is 351 g/mol. The molecule has 2 aromatic carbocycles. The molecule has 3 aromatic rings. The molecular weight excluding hydrogens is 334 g/mol. The predicted molar refractivity (Wildman–Crippen MR) is 96.5 cm³/mol. The first-order chi connectivity index (χ1) is 12.5. The molecule has 132 valence electrons. The van der Waals surface area contributed by atoms with E-state index < -0.39 is 10.8 Å². The number of carbonyl (C=O) groups is 1. The molecule has 3 N–H and O–H groups in total. The molecule has 8 nitrogen and oxygen atoms in total. The molecule has 0 bridgehead atoms. The highest BCUT2D eigenvalue weighted by molar-refractivity contribution is 5.95. The fourth-order valence-corrected chi connectivity index (χ4v) is 2.56. The monoisotopic (exact) mass is 351 g/mol. The molecular formula is C18H17N5O3. The van der Waals surface area contributed by atoms with Crippen molar-refractivity contribution in [3.8, 4) is 0 Å². The summed E-state index contributed by atoms with van der Waals surface area (Å²) in [7, 11) is 0. The first-order valence-corrected chi connectivity index (χ1v) is 7.88. The molecule has 0 fully saturated rings. The lowest BCUT2D eigenvalue weighted by molar-refractivity contribution is -0.383. The summed E-state index contributed by atoms with van der Waals surface area (Å²) in [6, 6.07) is 11.8. The lowest BCUT2D eigenvalue weighted by atomic mass is 10.1. The lowest BCUT2D eigenvalue weighted by Gasteiger charge is -2.08. The third kappa shape index (κ3) is 4.04. The van der Waals surface area contributed by atoms with Gasteiger partial charge in [0.1, 0.15) is 5.69 Å². The number of nitrogen functional groups attached to an aromatic ring is 1. The summed E-state index contributed by atoms with van der Waals surface area (Å²) in [4.78, 5) is 26.6. The van der Waals surface area contributed by atoms with E-state index in [1.807, 2.05) is 35.0 Å². The minimum absolute atomic E-state index is 0.0266. The zero-order chi connectivity index (χ0) is 18.5. The molecule has 1 heterocycles. The Labute approximate surface area is 149 Å². The Bertz CT molecular complexity index is 938. The third-order valence-electron chi connectivity index (χ3n) is 3.86. The van der Waals surface area contributed by atoms with Gasteiger partial charge in [-0.05, 0) is 23.3 Å². The molecule has 8 heteroatoms. The Hall–Kier alpha value is -3.68. The molecule has 0 saturated heterocycles. The van der Waals surface area contributed by atoms with Crippen molar-refractivity contribution in [2.75, 3.05) is 5.73 Å². The molecule has 0 saturated carbocycles. The molecule has 1 aromatic heterocycles. The number of benzene rings is 2. The molecule has 0 aliphatic rings. The summed E-state index contributed by atoms with van der Waals surface area (Å²) < 4.78 is 1.95. The molecule has 0 aliphatic heterocycles. The molecule has 0 radical (unpaired) electrons. The Kier molecular flexibility index (Phi) is 4.93. The van der Waals surface area contributed by atoms with E-state index in [0.29, 0.717) is 13.1 Å². The van der Waals surface area contributed by atoms with Crippen LogP contribution < -0.4 is 11.1 Å². The third-order valence-corrected chi connectivity index (χ3v) is 3.86. The van der Waals surface area contributed by atoms with Crippen LogP contribution in [-0.4, -0.2) is 20.4 Å². The van der Waals surface area contributed by atoms with E-state index in [2.05, 4.69) is 10.3 Å². The topological polar surface area (TPSA) is 116 Å². The number of nitrogens with two attached hydrogens (primary N) is 1. The zero-order valence-electron chi connectivity index (χ0n) is 13.8. The van der Waals surface area contributed by atoms with E-state index in [0.717, 1.165) is 11.1 Å². The summed E-state index contributed by atoms with van der Waals surface area (Å²) in [6.45, 7) is 1.00. The van der Waals surface area contributed by atoms with Gasteiger partial charge in [0.05, 0.1) is 11.3 Å². The lowest BCUT2D eigenvalue weighted by Crippen LogP contribution is -2.23. The SMILES string of the molecule is Nc1ccc(C(=O)NCc2cccc(Cn3ccnc3)c2)cc1[N+](=O)[O-]. The van der Waals surface area contributed by atoms with Gasteiger partial charge in [-0.25, -0.2) is 4.98 Å². The Balaban J connectivity index is 1.66. The summed E-state index contributed by atoms with van der Waals surface area (Å²) in [5, 5.41) is 13.7. The molecule has 0 aliphatic carbocycles. The van der Waals surface area contributed by atoms with Gasteiger partial charge in [-0.2, -0.15) is 0 Å².